The minimum atomic E-state index is -1.46. The topological polar surface area (TPSA) is 243 Å². The van der Waals surface area contributed by atoms with Crippen LogP contribution < -0.4 is 26.4 Å². The standard InChI is InChI=1S/C68H85N5O9/c1-67(20-5-6-21-67)73-35-49-60(44(14-16-59(80)81)48-34-71-50-32-51(74)45-13-11-43-33-72-66-61(43)62(45)65(50)63(48)64(49)66)42-18-23-68(57(79)28-42)22-17-40(47-31-54(77)55(82-2)27-39(47)12-15-56(68)78)26-52(75)53(76)30-46(41-19-24-70-58(69)29-41)38-10-9-36-7-3-4-8-37(36)25-38/h3-4,7-10,19,25,27,29,31,33,40,42,44-46,48-50,52-53,57,59-60,62-65,70-73,75-77,79-81H,5-6,11-16,18,20-21,23-24,26,28,30,32,34-35,69H2,1-2H3/t40-,42+,44+,45+,46+,48+,49+,50-,52+,53-,57-,60-,62-,63+,64-,65+,68-/m1/s1. The average Bonchev–Trinajstić information content (AvgIpc) is 1.76. The summed E-state index contributed by atoms with van der Waals surface area (Å²) >= 11 is 0. The first-order valence-electron chi connectivity index (χ1n) is 31.1. The number of carbonyl (C=O) groups is 2. The van der Waals surface area contributed by atoms with Gasteiger partial charge in [-0.15, -0.1) is 0 Å². The molecule has 9 aliphatic rings. The fraction of sp³-hybridized carbons (Fsp3) is 0.588. The van der Waals surface area contributed by atoms with E-state index in [0.717, 1.165) is 66.2 Å². The van der Waals surface area contributed by atoms with Crippen LogP contribution in [0.2, 0.25) is 0 Å². The zero-order chi connectivity index (χ0) is 56.8. The summed E-state index contributed by atoms with van der Waals surface area (Å²) < 4.78 is 5.60. The molecule has 1 saturated heterocycles. The Morgan fingerprint density at radius 2 is 1.72 bits per heavy atom. The van der Waals surface area contributed by atoms with Gasteiger partial charge in [0.2, 0.25) is 0 Å². The van der Waals surface area contributed by atoms with Crippen LogP contribution in [0.1, 0.15) is 154 Å². The van der Waals surface area contributed by atoms with Crippen molar-refractivity contribution in [3.63, 3.8) is 0 Å². The average molecular weight is 1120 g/mol. The smallest absolute Gasteiger partial charge is 0.160 e. The van der Waals surface area contributed by atoms with Crippen molar-refractivity contribution in [2.75, 3.05) is 26.7 Å². The Labute approximate surface area is 482 Å². The van der Waals surface area contributed by atoms with Gasteiger partial charge in [-0.25, -0.2) is 0 Å². The van der Waals surface area contributed by atoms with Gasteiger partial charge in [0, 0.05) is 72.4 Å². The van der Waals surface area contributed by atoms with Crippen LogP contribution in [0.4, 0.5) is 0 Å². The zero-order valence-corrected chi connectivity index (χ0v) is 47.7. The quantitative estimate of drug-likeness (QED) is 0.0413. The number of nitrogens with two attached hydrogens (primary N) is 1. The number of hydrogen-bond acceptors (Lipinski definition) is 13. The van der Waals surface area contributed by atoms with Crippen LogP contribution in [0.5, 0.6) is 11.5 Å². The number of piperidine rings is 1. The van der Waals surface area contributed by atoms with Crippen molar-refractivity contribution in [3.05, 3.63) is 118 Å². The highest BCUT2D eigenvalue weighted by Gasteiger charge is 2.65. The second kappa shape index (κ2) is 22.2. The fourth-order valence-electron chi connectivity index (χ4n) is 18.8. The number of aliphatic hydroxyl groups excluding tert-OH is 4. The molecule has 14 heteroatoms. The highest BCUT2D eigenvalue weighted by molar-refractivity contribution is 5.89. The van der Waals surface area contributed by atoms with Gasteiger partial charge in [-0.2, -0.15) is 0 Å². The lowest BCUT2D eigenvalue weighted by Gasteiger charge is -2.65. The van der Waals surface area contributed by atoms with Crippen molar-refractivity contribution in [3.8, 4) is 23.3 Å². The van der Waals surface area contributed by atoms with E-state index in [1.807, 2.05) is 18.2 Å². The Bertz CT molecular complexity index is 3220. The number of dihydropyridines is 1. The predicted octanol–water partition coefficient (Wildman–Crippen LogP) is 7.36. The van der Waals surface area contributed by atoms with Gasteiger partial charge in [-0.3, -0.25) is 9.59 Å². The molecule has 1 spiro atoms. The SMILES string of the molecule is COc1cc2c(cc1O)[C@@H](C[C@H](O)[C@H](O)C[C@H](C1=CCNC(N)=C1)c1ccc3ccccc3c1)C#C[C@@]1(CC[C@H]([C@H]3[C@H](CNC4(C)CCCC4)[C@H]4c5[nH]cc6c5[C@@H]5[C@H]7[C@H]4[C@@H](CN[C@@H]7CC(=O)[C@@H]5CC6)[C@@H]3CCC(O)O)C[C@H]1O)C(=O)CC2. The molecule has 4 aromatic rings. The number of benzene rings is 3. The van der Waals surface area contributed by atoms with Gasteiger partial charge < -0.3 is 62.0 Å². The number of fused-ring (bicyclic) bond motifs is 3. The maximum absolute atomic E-state index is 15.2. The largest absolute Gasteiger partial charge is 0.504 e. The first kappa shape index (κ1) is 55.7. The van der Waals surface area contributed by atoms with Gasteiger partial charge in [0.1, 0.15) is 11.2 Å². The number of hydrogen-bond donors (Lipinski definition) is 11. The molecule has 12 N–H and O–H groups in total. The molecule has 1 aromatic heterocycles. The second-order valence-electron chi connectivity index (χ2n) is 26.9. The Morgan fingerprint density at radius 1 is 0.902 bits per heavy atom. The summed E-state index contributed by atoms with van der Waals surface area (Å²) in [5.41, 5.74) is 12.2. The molecule has 0 amide bonds. The van der Waals surface area contributed by atoms with E-state index in [1.54, 1.807) is 12.1 Å². The number of ketones is 2. The number of carbonyl (C=O) groups excluding carboxylic acids is 2. The lowest BCUT2D eigenvalue weighted by atomic mass is 9.41. The van der Waals surface area contributed by atoms with Gasteiger partial charge in [0.15, 0.2) is 23.6 Å². The van der Waals surface area contributed by atoms with E-state index in [2.05, 4.69) is 82.3 Å². The zero-order valence-electron chi connectivity index (χ0n) is 47.7. The number of phenolic OH excluding ortho intramolecular Hbond substituents is 1. The minimum Gasteiger partial charge on any atom is -0.504 e. The molecule has 17 atom stereocenters. The Kier molecular flexibility index (Phi) is 15.0. The summed E-state index contributed by atoms with van der Waals surface area (Å²) in [6.07, 6.45) is 10.8. The first-order valence-corrected chi connectivity index (χ1v) is 31.1. The van der Waals surface area contributed by atoms with Crippen molar-refractivity contribution in [2.24, 2.45) is 58.5 Å². The summed E-state index contributed by atoms with van der Waals surface area (Å²) in [6.45, 7) is 4.42. The molecule has 5 fully saturated rings. The van der Waals surface area contributed by atoms with Crippen LogP contribution in [-0.4, -0.2) is 110 Å². The molecule has 82 heavy (non-hydrogen) atoms. The Hall–Kier alpha value is -5.50. The van der Waals surface area contributed by atoms with Crippen LogP contribution in [-0.2, 0) is 22.4 Å². The number of methoxy groups -OCH3 is 1. The molecule has 14 nitrogen and oxygen atoms in total. The number of aliphatic hydroxyl groups is 5. The number of aromatic nitrogens is 1. The second-order valence-corrected chi connectivity index (χ2v) is 26.9. The maximum Gasteiger partial charge on any atom is 0.160 e. The van der Waals surface area contributed by atoms with E-state index in [-0.39, 0.29) is 114 Å². The molecule has 0 radical (unpaired) electrons. The lowest BCUT2D eigenvalue weighted by Crippen LogP contribution is -2.67. The van der Waals surface area contributed by atoms with Crippen LogP contribution in [0.15, 0.2) is 84.3 Å². The predicted molar refractivity (Wildman–Crippen MR) is 313 cm³/mol. The third-order valence-corrected chi connectivity index (χ3v) is 22.7. The van der Waals surface area contributed by atoms with Crippen molar-refractivity contribution >= 4 is 22.3 Å². The van der Waals surface area contributed by atoms with Crippen molar-refractivity contribution < 1.29 is 45.0 Å². The third kappa shape index (κ3) is 9.81. The Morgan fingerprint density at radius 3 is 2.50 bits per heavy atom. The molecular formula is C68H85N5O9. The number of rotatable bonds is 15. The molecule has 4 saturated carbocycles. The number of Topliss-reactive ketones (excluding diaryl/α,β-unsaturated/α-hetero) is 2. The van der Waals surface area contributed by atoms with E-state index in [1.165, 1.54) is 36.8 Å². The van der Waals surface area contributed by atoms with Crippen LogP contribution >= 0.6 is 0 Å². The van der Waals surface area contributed by atoms with E-state index in [9.17, 15) is 35.4 Å². The summed E-state index contributed by atoms with van der Waals surface area (Å²) in [7, 11) is 1.49. The third-order valence-electron chi connectivity index (χ3n) is 22.7. The molecular weight excluding hydrogens is 1030 g/mol. The van der Waals surface area contributed by atoms with Gasteiger partial charge in [-0.05, 0) is 201 Å². The van der Waals surface area contributed by atoms with Crippen LogP contribution in [0.3, 0.4) is 0 Å². The van der Waals surface area contributed by atoms with E-state index in [0.29, 0.717) is 67.7 Å². The van der Waals surface area contributed by atoms with Crippen molar-refractivity contribution in [2.45, 2.75) is 170 Å². The highest BCUT2D eigenvalue weighted by atomic mass is 16.5. The van der Waals surface area contributed by atoms with Gasteiger partial charge in [0.25, 0.3) is 0 Å². The number of aromatic amines is 1. The number of ether oxygens (including phenoxy) is 1. The highest BCUT2D eigenvalue weighted by Crippen LogP contribution is 2.68. The van der Waals surface area contributed by atoms with Crippen molar-refractivity contribution in [1.29, 1.82) is 0 Å². The molecule has 0 unspecified atom stereocenters. The lowest BCUT2D eigenvalue weighted by molar-refractivity contribution is -0.146. The molecule has 3 aromatic carbocycles. The maximum atomic E-state index is 15.2. The van der Waals surface area contributed by atoms with E-state index >= 15 is 4.79 Å². The number of phenols is 1. The van der Waals surface area contributed by atoms with Gasteiger partial charge in [0.05, 0.1) is 31.2 Å². The molecule has 436 valence electrons. The summed E-state index contributed by atoms with van der Waals surface area (Å²) in [5, 5.41) is 83.7. The van der Waals surface area contributed by atoms with Gasteiger partial charge in [-0.1, -0.05) is 73.2 Å². The van der Waals surface area contributed by atoms with Crippen LogP contribution in [0, 0.1) is 64.6 Å². The fourth-order valence-corrected chi connectivity index (χ4v) is 18.8. The van der Waals surface area contributed by atoms with E-state index < -0.39 is 35.9 Å². The number of allylic oxidation sites excluding steroid dienone is 2. The van der Waals surface area contributed by atoms with Gasteiger partial charge >= 0.3 is 0 Å². The molecule has 13 rings (SSSR count). The summed E-state index contributed by atoms with van der Waals surface area (Å²) in [6, 6.07) is 17.9. The number of nitrogens with one attached hydrogen (secondary N) is 4. The molecule has 0 bridgehead atoms. The number of aromatic hydroxyl groups is 1. The summed E-state index contributed by atoms with van der Waals surface area (Å²) in [4.78, 5) is 33.1. The normalized spacial score (nSPS) is 34.5. The monoisotopic (exact) mass is 1120 g/mol. The number of aryl methyl sites for hydroxylation is 2. The minimum absolute atomic E-state index is 0.00682. The molecule has 2 aliphatic heterocycles. The van der Waals surface area contributed by atoms with E-state index in [4.69, 9.17) is 10.5 Å². The summed E-state index contributed by atoms with van der Waals surface area (Å²) in [5.74, 6) is 8.23. The molecule has 7 aliphatic carbocycles. The van der Waals surface area contributed by atoms with Crippen molar-refractivity contribution in [1.82, 2.24) is 20.9 Å². The molecule has 3 heterocycles. The first-order chi connectivity index (χ1) is 39.6. The Balaban J connectivity index is 0.841. The van der Waals surface area contributed by atoms with Crippen LogP contribution in [0.25, 0.3) is 10.8 Å². The number of H-pyrrole nitrogens is 1.